The lowest BCUT2D eigenvalue weighted by atomic mass is 9.94. The summed E-state index contributed by atoms with van der Waals surface area (Å²) < 4.78 is 2.00. The van der Waals surface area contributed by atoms with Gasteiger partial charge in [-0.15, -0.1) is 0 Å². The van der Waals surface area contributed by atoms with Crippen LogP contribution >= 0.6 is 0 Å². The van der Waals surface area contributed by atoms with Gasteiger partial charge in [0, 0.05) is 23.8 Å². The van der Waals surface area contributed by atoms with Crippen LogP contribution in [0.5, 0.6) is 0 Å². The molecule has 0 radical (unpaired) electrons. The Morgan fingerprint density at radius 1 is 1.32 bits per heavy atom. The number of carbonyl (C=O) groups is 1. The van der Waals surface area contributed by atoms with E-state index < -0.39 is 0 Å². The lowest BCUT2D eigenvalue weighted by molar-refractivity contribution is 0.0908. The summed E-state index contributed by atoms with van der Waals surface area (Å²) in [5, 5.41) is 11.3. The largest absolute Gasteiger partial charge is 0.346 e. The summed E-state index contributed by atoms with van der Waals surface area (Å²) >= 11 is 0. The molecule has 0 bridgehead atoms. The summed E-state index contributed by atoms with van der Waals surface area (Å²) in [5.41, 5.74) is 5.21. The van der Waals surface area contributed by atoms with E-state index in [-0.39, 0.29) is 11.9 Å². The molecule has 1 aliphatic heterocycles. The highest BCUT2D eigenvalue weighted by Gasteiger charge is 2.30. The van der Waals surface area contributed by atoms with E-state index in [0.717, 1.165) is 50.0 Å². The van der Waals surface area contributed by atoms with Crippen molar-refractivity contribution in [3.8, 4) is 5.69 Å². The maximum absolute atomic E-state index is 12.9. The molecular formula is C20H26N4O. The first kappa shape index (κ1) is 16.3. The molecule has 2 unspecified atom stereocenters. The van der Waals surface area contributed by atoms with Crippen LogP contribution in [-0.4, -0.2) is 34.8 Å². The second kappa shape index (κ2) is 6.64. The van der Waals surface area contributed by atoms with Crippen molar-refractivity contribution >= 4 is 5.91 Å². The second-order valence-electron chi connectivity index (χ2n) is 7.38. The maximum atomic E-state index is 12.9. The summed E-state index contributed by atoms with van der Waals surface area (Å²) in [6.45, 7) is 6.17. The lowest BCUT2D eigenvalue weighted by Gasteiger charge is -2.30. The minimum absolute atomic E-state index is 0.0222. The highest BCUT2D eigenvalue weighted by atomic mass is 16.2. The minimum atomic E-state index is -0.0222. The van der Waals surface area contributed by atoms with Gasteiger partial charge in [-0.1, -0.05) is 25.1 Å². The molecule has 1 aliphatic carbocycles. The Balaban J connectivity index is 1.66. The van der Waals surface area contributed by atoms with E-state index in [1.165, 1.54) is 11.3 Å². The van der Waals surface area contributed by atoms with E-state index in [1.54, 1.807) is 0 Å². The van der Waals surface area contributed by atoms with Crippen molar-refractivity contribution in [3.05, 3.63) is 46.8 Å². The monoisotopic (exact) mass is 338 g/mol. The molecule has 1 aromatic heterocycles. The molecule has 1 aromatic carbocycles. The highest BCUT2D eigenvalue weighted by Crippen LogP contribution is 2.29. The Labute approximate surface area is 148 Å². The molecule has 25 heavy (non-hydrogen) atoms. The number of piperidine rings is 1. The summed E-state index contributed by atoms with van der Waals surface area (Å²) in [4.78, 5) is 12.9. The van der Waals surface area contributed by atoms with Gasteiger partial charge in [-0.3, -0.25) is 4.79 Å². The van der Waals surface area contributed by atoms with Crippen molar-refractivity contribution in [3.63, 3.8) is 0 Å². The third-order valence-corrected chi connectivity index (χ3v) is 5.63. The van der Waals surface area contributed by atoms with Crippen LogP contribution in [-0.2, 0) is 12.8 Å². The first-order valence-electron chi connectivity index (χ1n) is 9.33. The zero-order valence-corrected chi connectivity index (χ0v) is 15.0. The predicted molar refractivity (Wildman–Crippen MR) is 98.2 cm³/mol. The van der Waals surface area contributed by atoms with Crippen LogP contribution in [0, 0.1) is 12.8 Å². The molecule has 2 N–H and O–H groups in total. The van der Waals surface area contributed by atoms with E-state index in [1.807, 2.05) is 16.8 Å². The van der Waals surface area contributed by atoms with Crippen molar-refractivity contribution in [2.24, 2.45) is 5.92 Å². The number of nitrogens with one attached hydrogen (secondary N) is 2. The Morgan fingerprint density at radius 3 is 2.96 bits per heavy atom. The fourth-order valence-corrected chi connectivity index (χ4v) is 4.04. The van der Waals surface area contributed by atoms with Crippen LogP contribution in [0.1, 0.15) is 47.1 Å². The SMILES string of the molecule is Cc1ccccc1-n1nc(C(=O)NC2CNCCC2C)c2c1CCC2. The zero-order valence-electron chi connectivity index (χ0n) is 15.0. The van der Waals surface area contributed by atoms with Crippen LogP contribution < -0.4 is 10.6 Å². The summed E-state index contributed by atoms with van der Waals surface area (Å²) in [5.74, 6) is 0.475. The fourth-order valence-electron chi connectivity index (χ4n) is 4.04. The molecule has 2 heterocycles. The van der Waals surface area contributed by atoms with Crippen LogP contribution in [0.25, 0.3) is 5.69 Å². The number of fused-ring (bicyclic) bond motifs is 1. The quantitative estimate of drug-likeness (QED) is 0.903. The molecule has 1 fully saturated rings. The van der Waals surface area contributed by atoms with Crippen molar-refractivity contribution < 1.29 is 4.79 Å². The average molecular weight is 338 g/mol. The van der Waals surface area contributed by atoms with Crippen LogP contribution in [0.4, 0.5) is 0 Å². The first-order chi connectivity index (χ1) is 12.1. The highest BCUT2D eigenvalue weighted by molar-refractivity contribution is 5.94. The van der Waals surface area contributed by atoms with Crippen molar-refractivity contribution in [2.75, 3.05) is 13.1 Å². The van der Waals surface area contributed by atoms with Gasteiger partial charge in [0.05, 0.1) is 5.69 Å². The smallest absolute Gasteiger partial charge is 0.272 e. The predicted octanol–water partition coefficient (Wildman–Crippen LogP) is 2.40. The van der Waals surface area contributed by atoms with Gasteiger partial charge in [0.15, 0.2) is 5.69 Å². The molecule has 4 rings (SSSR count). The van der Waals surface area contributed by atoms with Gasteiger partial charge in [0.25, 0.3) is 5.91 Å². The number of nitrogens with zero attached hydrogens (tertiary/aromatic N) is 2. The van der Waals surface area contributed by atoms with Crippen molar-refractivity contribution in [1.82, 2.24) is 20.4 Å². The van der Waals surface area contributed by atoms with E-state index >= 15 is 0 Å². The van der Waals surface area contributed by atoms with Crippen LogP contribution in [0.15, 0.2) is 24.3 Å². The van der Waals surface area contributed by atoms with Crippen LogP contribution in [0.2, 0.25) is 0 Å². The lowest BCUT2D eigenvalue weighted by Crippen LogP contribution is -2.50. The third kappa shape index (κ3) is 2.97. The number of hydrogen-bond donors (Lipinski definition) is 2. The summed E-state index contributed by atoms with van der Waals surface area (Å²) in [7, 11) is 0. The number of aromatic nitrogens is 2. The molecule has 1 saturated heterocycles. The molecule has 0 saturated carbocycles. The summed E-state index contributed by atoms with van der Waals surface area (Å²) in [6, 6.07) is 8.42. The average Bonchev–Trinajstić information content (AvgIpc) is 3.20. The second-order valence-corrected chi connectivity index (χ2v) is 7.38. The van der Waals surface area contributed by atoms with Crippen LogP contribution in [0.3, 0.4) is 0 Å². The number of amides is 1. The Kier molecular flexibility index (Phi) is 4.34. The zero-order chi connectivity index (χ0) is 17.4. The molecular weight excluding hydrogens is 312 g/mol. The number of hydrogen-bond acceptors (Lipinski definition) is 3. The molecule has 2 aliphatic rings. The Hall–Kier alpha value is -2.14. The van der Waals surface area contributed by atoms with Crippen molar-refractivity contribution in [2.45, 2.75) is 45.6 Å². The van der Waals surface area contributed by atoms with E-state index in [4.69, 9.17) is 5.10 Å². The standard InChI is InChI=1S/C20H26N4O/c1-13-10-11-21-12-16(13)22-20(25)19-15-7-5-9-18(15)24(23-19)17-8-4-3-6-14(17)2/h3-4,6,8,13,16,21H,5,7,9-12H2,1-2H3,(H,22,25). The topological polar surface area (TPSA) is 59.0 Å². The molecule has 1 amide bonds. The Morgan fingerprint density at radius 2 is 2.16 bits per heavy atom. The molecule has 132 valence electrons. The van der Waals surface area contributed by atoms with Gasteiger partial charge in [-0.2, -0.15) is 5.10 Å². The molecule has 0 spiro atoms. The van der Waals surface area contributed by atoms with Gasteiger partial charge in [-0.05, 0) is 56.7 Å². The molecule has 2 aromatic rings. The Bertz CT molecular complexity index is 795. The van der Waals surface area contributed by atoms with Gasteiger partial charge < -0.3 is 10.6 Å². The van der Waals surface area contributed by atoms with E-state index in [2.05, 4.69) is 36.6 Å². The van der Waals surface area contributed by atoms with Gasteiger partial charge >= 0.3 is 0 Å². The van der Waals surface area contributed by atoms with Crippen molar-refractivity contribution in [1.29, 1.82) is 0 Å². The van der Waals surface area contributed by atoms with Gasteiger partial charge in [0.2, 0.25) is 0 Å². The summed E-state index contributed by atoms with van der Waals surface area (Å²) in [6.07, 6.45) is 4.13. The minimum Gasteiger partial charge on any atom is -0.346 e. The van der Waals surface area contributed by atoms with Gasteiger partial charge in [0.1, 0.15) is 0 Å². The van der Waals surface area contributed by atoms with Gasteiger partial charge in [-0.25, -0.2) is 4.68 Å². The molecule has 5 nitrogen and oxygen atoms in total. The fraction of sp³-hybridized carbons (Fsp3) is 0.500. The van der Waals surface area contributed by atoms with E-state index in [0.29, 0.717) is 11.6 Å². The number of rotatable bonds is 3. The number of para-hydroxylation sites is 1. The normalized spacial score (nSPS) is 22.6. The first-order valence-corrected chi connectivity index (χ1v) is 9.33. The number of aryl methyl sites for hydroxylation is 1. The van der Waals surface area contributed by atoms with E-state index in [9.17, 15) is 4.79 Å². The molecule has 2 atom stereocenters. The molecule has 5 heteroatoms. The third-order valence-electron chi connectivity index (χ3n) is 5.63. The number of carbonyl (C=O) groups excluding carboxylic acids is 1. The maximum Gasteiger partial charge on any atom is 0.272 e. The number of benzene rings is 1.